The van der Waals surface area contributed by atoms with Crippen LogP contribution in [0.1, 0.15) is 46.5 Å². The van der Waals surface area contributed by atoms with Crippen LogP contribution < -0.4 is 5.32 Å². The molecule has 0 unspecified atom stereocenters. The summed E-state index contributed by atoms with van der Waals surface area (Å²) in [7, 11) is 0. The molecule has 0 spiro atoms. The molecule has 0 saturated heterocycles. The van der Waals surface area contributed by atoms with Gasteiger partial charge in [-0.25, -0.2) is 0 Å². The number of amides is 1. The first-order valence-corrected chi connectivity index (χ1v) is 7.88. The average Bonchev–Trinajstić information content (AvgIpc) is 3.02. The number of carbonyl (C=O) groups excluding carboxylic acids is 1. The van der Waals surface area contributed by atoms with Crippen molar-refractivity contribution in [3.8, 4) is 0 Å². The lowest BCUT2D eigenvalue weighted by Gasteiger charge is -2.05. The van der Waals surface area contributed by atoms with Crippen molar-refractivity contribution in [1.82, 2.24) is 19.8 Å². The highest BCUT2D eigenvalue weighted by atomic mass is 32.1. The maximum atomic E-state index is 12.3. The third-order valence-corrected chi connectivity index (χ3v) is 4.39. The van der Waals surface area contributed by atoms with Gasteiger partial charge in [0.05, 0.1) is 0 Å². The van der Waals surface area contributed by atoms with Gasteiger partial charge in [-0.1, -0.05) is 31.3 Å². The predicted molar refractivity (Wildman–Crippen MR) is 86.6 cm³/mol. The lowest BCUT2D eigenvalue weighted by atomic mass is 10.1. The van der Waals surface area contributed by atoms with Crippen LogP contribution in [0.4, 0.5) is 5.69 Å². The molecule has 3 aromatic rings. The zero-order valence-electron chi connectivity index (χ0n) is 12.9. The molecular formula is C15H17N5OS. The fourth-order valence-corrected chi connectivity index (χ4v) is 2.83. The Morgan fingerprint density at radius 1 is 1.23 bits per heavy atom. The Balaban J connectivity index is 1.87. The molecule has 0 radical (unpaired) electrons. The highest BCUT2D eigenvalue weighted by Crippen LogP contribution is 2.20. The van der Waals surface area contributed by atoms with Gasteiger partial charge in [0.1, 0.15) is 0 Å². The van der Waals surface area contributed by atoms with E-state index in [4.69, 9.17) is 0 Å². The molecule has 0 atom stereocenters. The van der Waals surface area contributed by atoms with Crippen LogP contribution in [0.3, 0.4) is 0 Å². The van der Waals surface area contributed by atoms with Crippen LogP contribution in [0.2, 0.25) is 0 Å². The van der Waals surface area contributed by atoms with Crippen LogP contribution in [0.5, 0.6) is 0 Å². The standard InChI is InChI=1S/C15H17N5OS/c1-8(2)12-17-18-15-20(12)19-14(22-15)13(21)16-11-6-5-9(3)10(4)7-11/h5-8H,1-4H3,(H,16,21). The lowest BCUT2D eigenvalue weighted by Crippen LogP contribution is -2.12. The summed E-state index contributed by atoms with van der Waals surface area (Å²) in [6.07, 6.45) is 0. The number of carbonyl (C=O) groups is 1. The monoisotopic (exact) mass is 315 g/mol. The van der Waals surface area contributed by atoms with Gasteiger partial charge in [0, 0.05) is 11.6 Å². The van der Waals surface area contributed by atoms with E-state index in [1.807, 2.05) is 45.9 Å². The van der Waals surface area contributed by atoms with Crippen molar-refractivity contribution < 1.29 is 4.79 Å². The highest BCUT2D eigenvalue weighted by Gasteiger charge is 2.18. The van der Waals surface area contributed by atoms with Crippen molar-refractivity contribution in [3.63, 3.8) is 0 Å². The molecule has 0 aliphatic heterocycles. The summed E-state index contributed by atoms with van der Waals surface area (Å²) < 4.78 is 1.64. The molecule has 2 heterocycles. The zero-order valence-corrected chi connectivity index (χ0v) is 13.7. The Kier molecular flexibility index (Phi) is 3.66. The first-order chi connectivity index (χ1) is 10.5. The number of anilines is 1. The summed E-state index contributed by atoms with van der Waals surface area (Å²) in [5.74, 6) is 0.734. The van der Waals surface area contributed by atoms with Gasteiger partial charge >= 0.3 is 0 Å². The van der Waals surface area contributed by atoms with Gasteiger partial charge in [0.15, 0.2) is 5.82 Å². The number of fused-ring (bicyclic) bond motifs is 1. The number of nitrogens with one attached hydrogen (secondary N) is 1. The van der Waals surface area contributed by atoms with E-state index in [0.29, 0.717) is 9.97 Å². The lowest BCUT2D eigenvalue weighted by molar-refractivity contribution is 0.102. The van der Waals surface area contributed by atoms with Gasteiger partial charge in [0.25, 0.3) is 5.91 Å². The third kappa shape index (κ3) is 2.59. The molecule has 0 saturated carbocycles. The van der Waals surface area contributed by atoms with Gasteiger partial charge in [-0.3, -0.25) is 4.79 Å². The Bertz CT molecular complexity index is 849. The molecule has 0 aliphatic carbocycles. The molecule has 22 heavy (non-hydrogen) atoms. The van der Waals surface area contributed by atoms with Crippen LogP contribution >= 0.6 is 11.3 Å². The first kappa shape index (κ1) is 14.6. The largest absolute Gasteiger partial charge is 0.320 e. The summed E-state index contributed by atoms with van der Waals surface area (Å²) in [6.45, 7) is 8.09. The van der Waals surface area contributed by atoms with Crippen LogP contribution in [-0.4, -0.2) is 25.7 Å². The van der Waals surface area contributed by atoms with E-state index in [2.05, 4.69) is 20.6 Å². The van der Waals surface area contributed by atoms with E-state index in [0.717, 1.165) is 17.1 Å². The molecule has 2 aromatic heterocycles. The van der Waals surface area contributed by atoms with Crippen molar-refractivity contribution in [3.05, 3.63) is 40.2 Å². The number of aryl methyl sites for hydroxylation is 2. The van der Waals surface area contributed by atoms with Crippen LogP contribution in [-0.2, 0) is 0 Å². The summed E-state index contributed by atoms with van der Waals surface area (Å²) in [5, 5.41) is 15.7. The fraction of sp³-hybridized carbons (Fsp3) is 0.333. The van der Waals surface area contributed by atoms with Gasteiger partial charge < -0.3 is 5.32 Å². The molecule has 1 N–H and O–H groups in total. The topological polar surface area (TPSA) is 72.2 Å². The van der Waals surface area contributed by atoms with Crippen LogP contribution in [0.15, 0.2) is 18.2 Å². The van der Waals surface area contributed by atoms with Gasteiger partial charge in [-0.15, -0.1) is 15.3 Å². The van der Waals surface area contributed by atoms with Crippen LogP contribution in [0, 0.1) is 13.8 Å². The second-order valence-electron chi connectivity index (χ2n) is 5.57. The van der Waals surface area contributed by atoms with Crippen molar-refractivity contribution in [2.24, 2.45) is 0 Å². The fourth-order valence-electron chi connectivity index (χ4n) is 2.09. The minimum absolute atomic E-state index is 0.202. The van der Waals surface area contributed by atoms with E-state index >= 15 is 0 Å². The van der Waals surface area contributed by atoms with Gasteiger partial charge in [-0.05, 0) is 37.1 Å². The molecule has 6 nitrogen and oxygen atoms in total. The van der Waals surface area contributed by atoms with E-state index in [1.54, 1.807) is 4.52 Å². The Morgan fingerprint density at radius 3 is 2.68 bits per heavy atom. The minimum atomic E-state index is -0.228. The maximum Gasteiger partial charge on any atom is 0.286 e. The highest BCUT2D eigenvalue weighted by molar-refractivity contribution is 7.18. The van der Waals surface area contributed by atoms with E-state index in [-0.39, 0.29) is 11.8 Å². The molecule has 1 amide bonds. The maximum absolute atomic E-state index is 12.3. The van der Waals surface area contributed by atoms with E-state index in [9.17, 15) is 4.79 Å². The number of rotatable bonds is 3. The molecule has 0 aliphatic rings. The molecule has 0 bridgehead atoms. The Morgan fingerprint density at radius 2 is 2.00 bits per heavy atom. The molecular weight excluding hydrogens is 298 g/mol. The molecule has 3 rings (SSSR count). The second-order valence-corrected chi connectivity index (χ2v) is 6.52. The van der Waals surface area contributed by atoms with Crippen LogP contribution in [0.25, 0.3) is 4.96 Å². The molecule has 1 aromatic carbocycles. The number of nitrogens with zero attached hydrogens (tertiary/aromatic N) is 4. The van der Waals surface area contributed by atoms with Crippen molar-refractivity contribution >= 4 is 27.9 Å². The van der Waals surface area contributed by atoms with Crippen molar-refractivity contribution in [2.75, 3.05) is 5.32 Å². The second kappa shape index (κ2) is 5.49. The summed E-state index contributed by atoms with van der Waals surface area (Å²) >= 11 is 1.24. The number of benzene rings is 1. The third-order valence-electron chi connectivity index (χ3n) is 3.49. The molecule has 0 fully saturated rings. The number of aromatic nitrogens is 4. The summed E-state index contributed by atoms with van der Waals surface area (Å²) in [4.78, 5) is 13.0. The molecule has 7 heteroatoms. The van der Waals surface area contributed by atoms with E-state index in [1.165, 1.54) is 16.9 Å². The normalized spacial score (nSPS) is 11.3. The summed E-state index contributed by atoms with van der Waals surface area (Å²) in [5.41, 5.74) is 3.10. The van der Waals surface area contributed by atoms with Crippen molar-refractivity contribution in [1.29, 1.82) is 0 Å². The summed E-state index contributed by atoms with van der Waals surface area (Å²) in [6, 6.07) is 5.83. The zero-order chi connectivity index (χ0) is 15.9. The van der Waals surface area contributed by atoms with Gasteiger partial charge in [-0.2, -0.15) is 4.52 Å². The van der Waals surface area contributed by atoms with Crippen molar-refractivity contribution in [2.45, 2.75) is 33.6 Å². The van der Waals surface area contributed by atoms with Gasteiger partial charge in [0.2, 0.25) is 9.97 Å². The van der Waals surface area contributed by atoms with E-state index < -0.39 is 0 Å². The predicted octanol–water partition coefficient (Wildman–Crippen LogP) is 3.18. The number of hydrogen-bond acceptors (Lipinski definition) is 5. The SMILES string of the molecule is Cc1ccc(NC(=O)c2nn3c(C(C)C)nnc3s2)cc1C. The minimum Gasteiger partial charge on any atom is -0.320 e. The average molecular weight is 315 g/mol. The first-order valence-electron chi connectivity index (χ1n) is 7.06. The number of hydrogen-bond donors (Lipinski definition) is 1. The molecule has 114 valence electrons. The quantitative estimate of drug-likeness (QED) is 0.805. The smallest absolute Gasteiger partial charge is 0.286 e. The Hall–Kier alpha value is -2.28. The Labute approximate surface area is 132 Å².